The molecule has 30 heavy (non-hydrogen) atoms. The summed E-state index contributed by atoms with van der Waals surface area (Å²) in [5, 5.41) is 7.40. The van der Waals surface area contributed by atoms with Crippen LogP contribution in [0.1, 0.15) is 50.9 Å². The molecule has 1 aliphatic carbocycles. The number of ether oxygens (including phenoxy) is 1. The number of carbonyl (C=O) groups excluding carboxylic acids is 2. The summed E-state index contributed by atoms with van der Waals surface area (Å²) in [6.07, 6.45) is 4.17. The molecule has 0 saturated carbocycles. The maximum atomic E-state index is 14.3. The first-order valence-electron chi connectivity index (χ1n) is 9.59. The summed E-state index contributed by atoms with van der Waals surface area (Å²) in [5.41, 5.74) is 7.88. The minimum atomic E-state index is -0.784. The van der Waals surface area contributed by atoms with Crippen LogP contribution < -0.4 is 15.8 Å². The Bertz CT molecular complexity index is 1110. The van der Waals surface area contributed by atoms with E-state index in [1.807, 2.05) is 28.9 Å². The van der Waals surface area contributed by atoms with Crippen LogP contribution in [-0.2, 0) is 6.42 Å². The molecule has 7 nitrogen and oxygen atoms in total. The Morgan fingerprint density at radius 3 is 2.67 bits per heavy atom. The topological polar surface area (TPSA) is 99.2 Å². The smallest absolute Gasteiger partial charge is 0.254 e. The number of nitrogens with one attached hydrogen (secondary N) is 1. The number of nitrogens with two attached hydrogens (primary N) is 1. The Balaban J connectivity index is 1.57. The molecule has 1 aliphatic rings. The van der Waals surface area contributed by atoms with Crippen LogP contribution in [0.5, 0.6) is 5.75 Å². The van der Waals surface area contributed by atoms with Crippen molar-refractivity contribution in [2.24, 2.45) is 5.73 Å². The molecule has 154 valence electrons. The number of aromatic nitrogens is 2. The van der Waals surface area contributed by atoms with Gasteiger partial charge in [-0.05, 0) is 61.7 Å². The molecule has 0 saturated heterocycles. The summed E-state index contributed by atoms with van der Waals surface area (Å²) in [6, 6.07) is 10.9. The average Bonchev–Trinajstić information content (AvgIpc) is 3.18. The van der Waals surface area contributed by atoms with E-state index in [-0.39, 0.29) is 17.2 Å². The highest BCUT2D eigenvalue weighted by atomic mass is 19.1. The zero-order chi connectivity index (χ0) is 21.3. The van der Waals surface area contributed by atoms with Crippen LogP contribution >= 0.6 is 0 Å². The van der Waals surface area contributed by atoms with Gasteiger partial charge in [0.05, 0.1) is 30.6 Å². The first-order chi connectivity index (χ1) is 14.5. The molecule has 3 N–H and O–H groups in total. The van der Waals surface area contributed by atoms with Crippen molar-refractivity contribution in [3.63, 3.8) is 0 Å². The van der Waals surface area contributed by atoms with Crippen LogP contribution in [0.2, 0.25) is 0 Å². The molecule has 2 aromatic carbocycles. The van der Waals surface area contributed by atoms with E-state index in [0.29, 0.717) is 0 Å². The van der Waals surface area contributed by atoms with Gasteiger partial charge < -0.3 is 15.8 Å². The number of benzene rings is 2. The molecule has 2 amide bonds. The van der Waals surface area contributed by atoms with Gasteiger partial charge in [0.2, 0.25) is 5.91 Å². The van der Waals surface area contributed by atoms with Crippen LogP contribution in [-0.4, -0.2) is 28.7 Å². The molecule has 0 fully saturated rings. The van der Waals surface area contributed by atoms with Gasteiger partial charge in [0.1, 0.15) is 11.6 Å². The minimum absolute atomic E-state index is 0.0183. The largest absolute Gasteiger partial charge is 0.497 e. The van der Waals surface area contributed by atoms with Gasteiger partial charge in [-0.1, -0.05) is 0 Å². The first-order valence-corrected chi connectivity index (χ1v) is 9.59. The highest BCUT2D eigenvalue weighted by Gasteiger charge is 2.27. The quantitative estimate of drug-likeness (QED) is 0.678. The fraction of sp³-hybridized carbons (Fsp3) is 0.227. The maximum absolute atomic E-state index is 14.3. The molecule has 1 aromatic heterocycles. The molecule has 1 atom stereocenters. The Labute approximate surface area is 172 Å². The number of hydrogen-bond donors (Lipinski definition) is 2. The van der Waals surface area contributed by atoms with Gasteiger partial charge >= 0.3 is 0 Å². The number of carbonyl (C=O) groups is 2. The van der Waals surface area contributed by atoms with Crippen molar-refractivity contribution in [3.8, 4) is 11.4 Å². The first kappa shape index (κ1) is 19.6. The van der Waals surface area contributed by atoms with Crippen molar-refractivity contribution in [1.82, 2.24) is 15.1 Å². The monoisotopic (exact) mass is 408 g/mol. The summed E-state index contributed by atoms with van der Waals surface area (Å²) >= 11 is 0. The summed E-state index contributed by atoms with van der Waals surface area (Å²) < 4.78 is 21.4. The van der Waals surface area contributed by atoms with Gasteiger partial charge in [0.25, 0.3) is 5.91 Å². The van der Waals surface area contributed by atoms with Crippen LogP contribution in [0, 0.1) is 5.82 Å². The molecule has 0 aliphatic heterocycles. The van der Waals surface area contributed by atoms with Crippen molar-refractivity contribution >= 4 is 11.8 Å². The molecule has 0 unspecified atom stereocenters. The molecule has 3 aromatic rings. The number of primary amides is 1. The van der Waals surface area contributed by atoms with Crippen LogP contribution in [0.15, 0.2) is 48.7 Å². The lowest BCUT2D eigenvalue weighted by Gasteiger charge is -2.24. The van der Waals surface area contributed by atoms with E-state index in [4.69, 9.17) is 10.5 Å². The number of amides is 2. The zero-order valence-corrected chi connectivity index (χ0v) is 16.4. The minimum Gasteiger partial charge on any atom is -0.497 e. The highest BCUT2D eigenvalue weighted by Crippen LogP contribution is 2.31. The number of methoxy groups -OCH3 is 1. The summed E-state index contributed by atoms with van der Waals surface area (Å²) in [5.74, 6) is -1.31. The molecule has 0 spiro atoms. The van der Waals surface area contributed by atoms with E-state index < -0.39 is 17.6 Å². The van der Waals surface area contributed by atoms with Gasteiger partial charge in [-0.15, -0.1) is 0 Å². The lowest BCUT2D eigenvalue weighted by atomic mass is 9.92. The highest BCUT2D eigenvalue weighted by molar-refractivity contribution is 5.97. The Morgan fingerprint density at radius 2 is 2.00 bits per heavy atom. The number of fused-ring (bicyclic) bond motifs is 1. The van der Waals surface area contributed by atoms with Gasteiger partial charge in [-0.2, -0.15) is 5.10 Å². The van der Waals surface area contributed by atoms with E-state index in [0.717, 1.165) is 48.0 Å². The molecule has 1 heterocycles. The van der Waals surface area contributed by atoms with Crippen molar-refractivity contribution < 1.29 is 18.7 Å². The second kappa shape index (κ2) is 7.98. The third-order valence-electron chi connectivity index (χ3n) is 5.30. The Kier molecular flexibility index (Phi) is 5.22. The lowest BCUT2D eigenvalue weighted by Crippen LogP contribution is -2.31. The van der Waals surface area contributed by atoms with Crippen LogP contribution in [0.25, 0.3) is 5.69 Å². The van der Waals surface area contributed by atoms with E-state index >= 15 is 0 Å². The fourth-order valence-electron chi connectivity index (χ4n) is 3.74. The predicted octanol–water partition coefficient (Wildman–Crippen LogP) is 2.93. The summed E-state index contributed by atoms with van der Waals surface area (Å²) in [4.78, 5) is 23.8. The second-order valence-electron chi connectivity index (χ2n) is 7.13. The summed E-state index contributed by atoms with van der Waals surface area (Å²) in [7, 11) is 1.61. The van der Waals surface area contributed by atoms with Crippen LogP contribution in [0.3, 0.4) is 0 Å². The molecular weight excluding hydrogens is 387 g/mol. The third-order valence-corrected chi connectivity index (χ3v) is 5.30. The fourth-order valence-corrected chi connectivity index (χ4v) is 3.74. The van der Waals surface area contributed by atoms with E-state index in [9.17, 15) is 14.0 Å². The number of halogens is 1. The van der Waals surface area contributed by atoms with E-state index in [2.05, 4.69) is 10.4 Å². The lowest BCUT2D eigenvalue weighted by molar-refractivity contribution is 0.0926. The Morgan fingerprint density at radius 1 is 1.23 bits per heavy atom. The SMILES string of the molecule is COc1ccc(-n2ncc3c2CCC[C@@H]3NC(=O)c2ccc(C(N)=O)cc2F)cc1. The van der Waals surface area contributed by atoms with Crippen molar-refractivity contribution in [3.05, 3.63) is 76.9 Å². The summed E-state index contributed by atoms with van der Waals surface area (Å²) in [6.45, 7) is 0. The van der Waals surface area contributed by atoms with Crippen molar-refractivity contribution in [2.45, 2.75) is 25.3 Å². The van der Waals surface area contributed by atoms with Crippen molar-refractivity contribution in [2.75, 3.05) is 7.11 Å². The number of nitrogens with zero attached hydrogens (tertiary/aromatic N) is 2. The molecule has 4 rings (SSSR count). The maximum Gasteiger partial charge on any atom is 0.254 e. The molecular formula is C22H21FN4O3. The second-order valence-corrected chi connectivity index (χ2v) is 7.13. The number of hydrogen-bond acceptors (Lipinski definition) is 4. The van der Waals surface area contributed by atoms with Crippen molar-refractivity contribution in [1.29, 1.82) is 0 Å². The number of rotatable bonds is 5. The van der Waals surface area contributed by atoms with Gasteiger partial charge in [0, 0.05) is 16.8 Å². The Hall–Kier alpha value is -3.68. The van der Waals surface area contributed by atoms with Crippen LogP contribution in [0.4, 0.5) is 4.39 Å². The van der Waals surface area contributed by atoms with E-state index in [1.54, 1.807) is 13.3 Å². The third kappa shape index (κ3) is 3.63. The molecule has 0 bridgehead atoms. The van der Waals surface area contributed by atoms with Gasteiger partial charge in [-0.3, -0.25) is 9.59 Å². The average molecular weight is 408 g/mol. The normalized spacial score (nSPS) is 15.3. The van der Waals surface area contributed by atoms with Gasteiger partial charge in [-0.25, -0.2) is 9.07 Å². The molecule has 0 radical (unpaired) electrons. The van der Waals surface area contributed by atoms with E-state index in [1.165, 1.54) is 12.1 Å². The van der Waals surface area contributed by atoms with Gasteiger partial charge in [0.15, 0.2) is 0 Å². The predicted molar refractivity (Wildman–Crippen MR) is 108 cm³/mol. The zero-order valence-electron chi connectivity index (χ0n) is 16.4. The standard InChI is InChI=1S/C22H21FN4O3/c1-30-15-8-6-14(7-9-15)27-20-4-2-3-19(17(20)12-25-27)26-22(29)16-10-5-13(21(24)28)11-18(16)23/h5-12,19H,2-4H2,1H3,(H2,24,28)(H,26,29)/t19-/m0/s1. The molecule has 8 heteroatoms.